The van der Waals surface area contributed by atoms with E-state index in [-0.39, 0.29) is 30.1 Å². The van der Waals surface area contributed by atoms with Crippen LogP contribution in [0.2, 0.25) is 0 Å². The number of hydrogen-bond donors (Lipinski definition) is 3. The molecule has 0 radical (unpaired) electrons. The molecule has 1 aromatic heterocycles. The van der Waals surface area contributed by atoms with Crippen LogP contribution in [0.5, 0.6) is 0 Å². The Labute approximate surface area is 204 Å². The number of nitrogens with zero attached hydrogens (tertiary/aromatic N) is 2. The maximum Gasteiger partial charge on any atom is 0.278 e. The number of fused-ring (bicyclic) bond motifs is 1. The van der Waals surface area contributed by atoms with E-state index in [2.05, 4.69) is 27.0 Å². The molecule has 8 heteroatoms. The van der Waals surface area contributed by atoms with Crippen LogP contribution in [0.4, 0.5) is 5.69 Å². The quantitative estimate of drug-likeness (QED) is 0.489. The molecule has 0 saturated carbocycles. The molecular formula is C27H31N5O3. The molecule has 3 N–H and O–H groups in total. The fraction of sp³-hybridized carbons (Fsp3) is 0.333. The van der Waals surface area contributed by atoms with Crippen molar-refractivity contribution in [3.8, 4) is 11.4 Å². The second-order valence-corrected chi connectivity index (χ2v) is 8.91. The predicted molar refractivity (Wildman–Crippen MR) is 136 cm³/mol. The Morgan fingerprint density at radius 2 is 1.89 bits per heavy atom. The number of aryl methyl sites for hydroxylation is 2. The summed E-state index contributed by atoms with van der Waals surface area (Å²) in [5.74, 6) is -0.255. The fourth-order valence-electron chi connectivity index (χ4n) is 4.42. The highest BCUT2D eigenvalue weighted by Crippen LogP contribution is 2.29. The summed E-state index contributed by atoms with van der Waals surface area (Å²) in [6, 6.07) is 15.1. The van der Waals surface area contributed by atoms with E-state index in [1.807, 2.05) is 49.4 Å². The fourth-order valence-corrected chi connectivity index (χ4v) is 4.42. The number of likely N-dealkylation sites (N-methyl/N-ethyl adjacent to an activating group) is 1. The van der Waals surface area contributed by atoms with Crippen LogP contribution in [-0.4, -0.2) is 34.5 Å². The molecule has 2 aromatic carbocycles. The summed E-state index contributed by atoms with van der Waals surface area (Å²) in [6.45, 7) is 3.41. The van der Waals surface area contributed by atoms with E-state index in [1.54, 1.807) is 14.0 Å². The van der Waals surface area contributed by atoms with E-state index >= 15 is 0 Å². The molecule has 1 aliphatic carbocycles. The second kappa shape index (κ2) is 10.7. The normalized spacial score (nSPS) is 15.7. The van der Waals surface area contributed by atoms with Crippen molar-refractivity contribution in [2.45, 2.75) is 51.7 Å². The van der Waals surface area contributed by atoms with E-state index in [4.69, 9.17) is 0 Å². The number of carbonyl (C=O) groups excluding carboxylic acids is 2. The molecular weight excluding hydrogens is 442 g/mol. The van der Waals surface area contributed by atoms with Crippen molar-refractivity contribution in [2.75, 3.05) is 12.4 Å². The number of hydrogen-bond acceptors (Lipinski definition) is 5. The van der Waals surface area contributed by atoms with E-state index < -0.39 is 11.6 Å². The van der Waals surface area contributed by atoms with E-state index in [1.165, 1.54) is 16.3 Å². The van der Waals surface area contributed by atoms with Crippen LogP contribution in [0.25, 0.3) is 11.4 Å². The first kappa shape index (κ1) is 24.3. The summed E-state index contributed by atoms with van der Waals surface area (Å²) in [5, 5.41) is 8.59. The van der Waals surface area contributed by atoms with Crippen LogP contribution >= 0.6 is 0 Å². The van der Waals surface area contributed by atoms with Gasteiger partial charge < -0.3 is 16.0 Å². The lowest BCUT2D eigenvalue weighted by molar-refractivity contribution is -0.122. The van der Waals surface area contributed by atoms with Crippen molar-refractivity contribution in [3.63, 3.8) is 0 Å². The third-order valence-corrected chi connectivity index (χ3v) is 6.52. The molecule has 0 bridgehead atoms. The zero-order valence-electron chi connectivity index (χ0n) is 20.3. The lowest BCUT2D eigenvalue weighted by atomic mass is 9.88. The number of benzene rings is 2. The van der Waals surface area contributed by atoms with Crippen LogP contribution in [0, 0.1) is 6.92 Å². The monoisotopic (exact) mass is 473 g/mol. The largest absolute Gasteiger partial charge is 0.348 e. The van der Waals surface area contributed by atoms with Crippen molar-refractivity contribution in [1.82, 2.24) is 20.2 Å². The minimum atomic E-state index is -0.492. The standard InChI is InChI=1S/C27H31N5O3/c1-17-9-4-6-12-20(17)25-29-15-23(31-26(34)18(2)28-3)27(35)32(25)16-24(33)30-22-14-8-11-19-10-5-7-13-21(19)22/h4-7,9-10,12-13,15,18,22,28H,8,11,14,16H2,1-3H3,(H,30,33)(H,31,34)/t18-,22+/m0/s1. The van der Waals surface area contributed by atoms with Gasteiger partial charge in [-0.25, -0.2) is 4.98 Å². The summed E-state index contributed by atoms with van der Waals surface area (Å²) in [4.78, 5) is 43.5. The highest BCUT2D eigenvalue weighted by atomic mass is 16.2. The number of amides is 2. The summed E-state index contributed by atoms with van der Waals surface area (Å²) in [5.41, 5.74) is 3.60. The van der Waals surface area contributed by atoms with Gasteiger partial charge in [-0.15, -0.1) is 0 Å². The minimum Gasteiger partial charge on any atom is -0.348 e. The Morgan fingerprint density at radius 3 is 2.66 bits per heavy atom. The number of anilines is 1. The maximum absolute atomic E-state index is 13.5. The van der Waals surface area contributed by atoms with Gasteiger partial charge in [0.25, 0.3) is 5.56 Å². The van der Waals surface area contributed by atoms with Crippen LogP contribution in [-0.2, 0) is 22.6 Å². The van der Waals surface area contributed by atoms with Crippen LogP contribution in [0.15, 0.2) is 59.5 Å². The first-order chi connectivity index (χ1) is 16.9. The first-order valence-electron chi connectivity index (χ1n) is 11.9. The van der Waals surface area contributed by atoms with Gasteiger partial charge in [0.1, 0.15) is 18.1 Å². The van der Waals surface area contributed by atoms with Crippen LogP contribution in [0.1, 0.15) is 42.5 Å². The predicted octanol–water partition coefficient (Wildman–Crippen LogP) is 2.96. The molecule has 2 amide bonds. The summed E-state index contributed by atoms with van der Waals surface area (Å²) in [6.07, 6.45) is 4.19. The molecule has 1 heterocycles. The lowest BCUT2D eigenvalue weighted by Crippen LogP contribution is -2.40. The van der Waals surface area contributed by atoms with Crippen molar-refractivity contribution in [3.05, 3.63) is 81.8 Å². The molecule has 2 atom stereocenters. The number of carbonyl (C=O) groups is 2. The number of nitrogens with one attached hydrogen (secondary N) is 3. The summed E-state index contributed by atoms with van der Waals surface area (Å²) in [7, 11) is 1.66. The molecule has 0 unspecified atom stereocenters. The highest BCUT2D eigenvalue weighted by Gasteiger charge is 2.23. The topological polar surface area (TPSA) is 105 Å². The van der Waals surface area contributed by atoms with Gasteiger partial charge in [-0.05, 0) is 56.8 Å². The third-order valence-electron chi connectivity index (χ3n) is 6.52. The van der Waals surface area contributed by atoms with Crippen molar-refractivity contribution in [2.24, 2.45) is 0 Å². The van der Waals surface area contributed by atoms with Crippen LogP contribution < -0.4 is 21.5 Å². The van der Waals surface area contributed by atoms with E-state index in [0.29, 0.717) is 5.82 Å². The number of rotatable bonds is 7. The average Bonchev–Trinajstić information content (AvgIpc) is 2.86. The van der Waals surface area contributed by atoms with Gasteiger partial charge in [-0.3, -0.25) is 19.0 Å². The maximum atomic E-state index is 13.5. The Morgan fingerprint density at radius 1 is 1.14 bits per heavy atom. The van der Waals surface area contributed by atoms with Gasteiger partial charge in [-0.2, -0.15) is 0 Å². The van der Waals surface area contributed by atoms with E-state index in [0.717, 1.165) is 36.0 Å². The zero-order chi connectivity index (χ0) is 24.9. The molecule has 1 aliphatic rings. The Kier molecular flexibility index (Phi) is 7.41. The molecule has 0 saturated heterocycles. The molecule has 0 aliphatic heterocycles. The lowest BCUT2D eigenvalue weighted by Gasteiger charge is -2.26. The molecule has 3 aromatic rings. The minimum absolute atomic E-state index is 0.0326. The van der Waals surface area contributed by atoms with Crippen LogP contribution in [0.3, 0.4) is 0 Å². The average molecular weight is 474 g/mol. The second-order valence-electron chi connectivity index (χ2n) is 8.91. The first-order valence-corrected chi connectivity index (χ1v) is 11.9. The van der Waals surface area contributed by atoms with Gasteiger partial charge in [0.15, 0.2) is 0 Å². The summed E-state index contributed by atoms with van der Waals surface area (Å²) >= 11 is 0. The molecule has 0 spiro atoms. The zero-order valence-corrected chi connectivity index (χ0v) is 20.3. The molecule has 4 rings (SSSR count). The molecule has 0 fully saturated rings. The Balaban J connectivity index is 1.67. The van der Waals surface area contributed by atoms with Crippen molar-refractivity contribution >= 4 is 17.5 Å². The Bertz CT molecular complexity index is 1300. The Hall–Kier alpha value is -3.78. The van der Waals surface area contributed by atoms with Gasteiger partial charge in [0, 0.05) is 5.56 Å². The highest BCUT2D eigenvalue weighted by molar-refractivity contribution is 5.94. The number of aromatic nitrogens is 2. The third kappa shape index (κ3) is 5.33. The van der Waals surface area contributed by atoms with Crippen molar-refractivity contribution in [1.29, 1.82) is 0 Å². The molecule has 182 valence electrons. The van der Waals surface area contributed by atoms with E-state index in [9.17, 15) is 14.4 Å². The SMILES string of the molecule is CN[C@@H](C)C(=O)Nc1cnc(-c2ccccc2C)n(CC(=O)N[C@@H]2CCCc3ccccc32)c1=O. The molecule has 8 nitrogen and oxygen atoms in total. The summed E-state index contributed by atoms with van der Waals surface area (Å²) < 4.78 is 1.34. The smallest absolute Gasteiger partial charge is 0.278 e. The van der Waals surface area contributed by atoms with Gasteiger partial charge in [0.2, 0.25) is 11.8 Å². The molecule has 35 heavy (non-hydrogen) atoms. The van der Waals surface area contributed by atoms with Crippen molar-refractivity contribution < 1.29 is 9.59 Å². The van der Waals surface area contributed by atoms with Gasteiger partial charge >= 0.3 is 0 Å². The van der Waals surface area contributed by atoms with Gasteiger partial charge in [-0.1, -0.05) is 48.5 Å². The van der Waals surface area contributed by atoms with Gasteiger partial charge in [0.05, 0.1) is 18.3 Å².